The number of nitrogens with two attached hydrogens (primary N) is 1. The van der Waals surface area contributed by atoms with E-state index in [1.807, 2.05) is 42.5 Å². The maximum Gasteiger partial charge on any atom is 0.186 e. The van der Waals surface area contributed by atoms with Crippen molar-refractivity contribution in [3.05, 3.63) is 78.1 Å². The highest BCUT2D eigenvalue weighted by Gasteiger charge is 2.21. The van der Waals surface area contributed by atoms with E-state index in [1.54, 1.807) is 24.5 Å². The van der Waals surface area contributed by atoms with Gasteiger partial charge in [-0.2, -0.15) is 0 Å². The van der Waals surface area contributed by atoms with E-state index in [4.69, 9.17) is 10.5 Å². The van der Waals surface area contributed by atoms with Gasteiger partial charge in [0.05, 0.1) is 12.9 Å². The van der Waals surface area contributed by atoms with Gasteiger partial charge < -0.3 is 10.5 Å². The molecule has 0 radical (unpaired) electrons. The molecule has 3 aromatic rings. The third-order valence-electron chi connectivity index (χ3n) is 4.51. The Labute approximate surface area is 166 Å². The molecule has 0 bridgehead atoms. The van der Waals surface area contributed by atoms with Crippen molar-refractivity contribution in [1.82, 2.24) is 4.98 Å². The summed E-state index contributed by atoms with van der Waals surface area (Å²) in [5, 5.41) is 0. The van der Waals surface area contributed by atoms with Crippen molar-refractivity contribution in [3.63, 3.8) is 0 Å². The Balaban J connectivity index is 1.95. The summed E-state index contributed by atoms with van der Waals surface area (Å²) in [5.41, 5.74) is 9.05. The van der Waals surface area contributed by atoms with Gasteiger partial charge in [0.15, 0.2) is 9.84 Å². The predicted molar refractivity (Wildman–Crippen MR) is 111 cm³/mol. The Kier molecular flexibility index (Phi) is 6.44. The Morgan fingerprint density at radius 1 is 1.00 bits per heavy atom. The van der Waals surface area contributed by atoms with Crippen LogP contribution in [-0.2, 0) is 22.0 Å². The Morgan fingerprint density at radius 2 is 1.82 bits per heavy atom. The zero-order chi connectivity index (χ0) is 20.0. The van der Waals surface area contributed by atoms with Crippen molar-refractivity contribution in [2.24, 2.45) is 5.73 Å². The van der Waals surface area contributed by atoms with E-state index in [2.05, 4.69) is 4.98 Å². The molecule has 2 aromatic carbocycles. The number of benzene rings is 2. The van der Waals surface area contributed by atoms with Crippen LogP contribution in [-0.4, -0.2) is 27.1 Å². The molecule has 0 spiro atoms. The third kappa shape index (κ3) is 4.77. The van der Waals surface area contributed by atoms with Crippen LogP contribution in [0.15, 0.2) is 71.9 Å². The zero-order valence-corrected chi connectivity index (χ0v) is 16.7. The number of hydrogen-bond donors (Lipinski definition) is 1. The number of methoxy groups -OCH3 is 1. The molecular formula is C22H24N2O3S. The number of nitrogens with zero attached hydrogens (tertiary/aromatic N) is 1. The molecule has 146 valence electrons. The molecule has 0 atom stereocenters. The summed E-state index contributed by atoms with van der Waals surface area (Å²) in [6.07, 6.45) is 5.10. The van der Waals surface area contributed by atoms with Gasteiger partial charge >= 0.3 is 0 Å². The Morgan fingerprint density at radius 3 is 2.54 bits per heavy atom. The number of rotatable bonds is 8. The molecule has 2 N–H and O–H groups in total. The smallest absolute Gasteiger partial charge is 0.186 e. The van der Waals surface area contributed by atoms with Crippen LogP contribution < -0.4 is 10.5 Å². The topological polar surface area (TPSA) is 82.3 Å². The number of aromatic nitrogens is 1. The summed E-state index contributed by atoms with van der Waals surface area (Å²) in [6.45, 7) is 0.612. The number of aryl methyl sites for hydroxylation is 1. The molecule has 0 saturated carbocycles. The molecule has 0 unspecified atom stereocenters. The molecule has 0 fully saturated rings. The zero-order valence-electron chi connectivity index (χ0n) is 15.8. The van der Waals surface area contributed by atoms with Gasteiger partial charge in [0.1, 0.15) is 10.6 Å². The van der Waals surface area contributed by atoms with E-state index in [0.717, 1.165) is 35.1 Å². The average molecular weight is 397 g/mol. The third-order valence-corrected chi connectivity index (χ3v) is 6.21. The van der Waals surface area contributed by atoms with Crippen molar-refractivity contribution in [3.8, 4) is 16.9 Å². The van der Waals surface area contributed by atoms with Gasteiger partial charge in [-0.15, -0.1) is 0 Å². The minimum absolute atomic E-state index is 0.0870. The summed E-state index contributed by atoms with van der Waals surface area (Å²) in [6, 6.07) is 16.5. The second-order valence-electron chi connectivity index (χ2n) is 6.58. The number of pyridine rings is 1. The van der Waals surface area contributed by atoms with E-state index in [0.29, 0.717) is 12.3 Å². The van der Waals surface area contributed by atoms with Crippen molar-refractivity contribution in [2.45, 2.75) is 23.5 Å². The molecule has 6 heteroatoms. The lowest BCUT2D eigenvalue weighted by Crippen LogP contribution is -2.08. The highest BCUT2D eigenvalue weighted by atomic mass is 32.2. The molecular weight excluding hydrogens is 372 g/mol. The van der Waals surface area contributed by atoms with Gasteiger partial charge in [-0.25, -0.2) is 8.42 Å². The molecule has 3 rings (SSSR count). The fourth-order valence-corrected chi connectivity index (χ4v) is 4.65. The number of hydrogen-bond acceptors (Lipinski definition) is 5. The summed E-state index contributed by atoms with van der Waals surface area (Å²) >= 11 is 0. The summed E-state index contributed by atoms with van der Waals surface area (Å²) in [7, 11) is -2.12. The molecule has 1 aromatic heterocycles. The van der Waals surface area contributed by atoms with Crippen LogP contribution in [0.2, 0.25) is 0 Å². The second-order valence-corrected chi connectivity index (χ2v) is 8.54. The van der Waals surface area contributed by atoms with E-state index in [-0.39, 0.29) is 10.6 Å². The molecule has 0 amide bonds. The van der Waals surface area contributed by atoms with Gasteiger partial charge in [0.25, 0.3) is 0 Å². The van der Waals surface area contributed by atoms with Crippen molar-refractivity contribution in [2.75, 3.05) is 13.7 Å². The van der Waals surface area contributed by atoms with Gasteiger partial charge in [-0.1, -0.05) is 36.4 Å². The first kappa shape index (κ1) is 20.0. The van der Waals surface area contributed by atoms with Gasteiger partial charge in [0, 0.05) is 18.0 Å². The highest BCUT2D eigenvalue weighted by molar-refractivity contribution is 7.90. The Hall–Kier alpha value is -2.70. The standard InChI is InChI=1S/C22H24N2O3S/c1-27-21-10-9-19(20-8-4-12-24-15-20)14-22(21)28(25,26)16-18-6-2-5-17(13-18)7-3-11-23/h2,4-6,8-10,12-15H,3,7,11,16,23H2,1H3. The van der Waals surface area contributed by atoms with Crippen LogP contribution in [0, 0.1) is 0 Å². The van der Waals surface area contributed by atoms with Crippen molar-refractivity contribution in [1.29, 1.82) is 0 Å². The lowest BCUT2D eigenvalue weighted by Gasteiger charge is -2.12. The van der Waals surface area contributed by atoms with E-state index in [9.17, 15) is 8.42 Å². The molecule has 5 nitrogen and oxygen atoms in total. The fraction of sp³-hybridized carbons (Fsp3) is 0.227. The Bertz CT molecular complexity index is 1030. The van der Waals surface area contributed by atoms with Crippen LogP contribution in [0.3, 0.4) is 0 Å². The number of ether oxygens (including phenoxy) is 1. The average Bonchev–Trinajstić information content (AvgIpc) is 2.72. The van der Waals surface area contributed by atoms with Gasteiger partial charge in [-0.05, 0) is 54.3 Å². The first-order valence-electron chi connectivity index (χ1n) is 9.12. The van der Waals surface area contributed by atoms with E-state index >= 15 is 0 Å². The quantitative estimate of drug-likeness (QED) is 0.629. The van der Waals surface area contributed by atoms with Crippen LogP contribution in [0.5, 0.6) is 5.75 Å². The van der Waals surface area contributed by atoms with Crippen molar-refractivity contribution < 1.29 is 13.2 Å². The maximum atomic E-state index is 13.2. The monoisotopic (exact) mass is 396 g/mol. The normalized spacial score (nSPS) is 11.4. The van der Waals surface area contributed by atoms with E-state index < -0.39 is 9.84 Å². The fourth-order valence-electron chi connectivity index (χ4n) is 3.11. The summed E-state index contributed by atoms with van der Waals surface area (Å²) in [4.78, 5) is 4.29. The van der Waals surface area contributed by atoms with Crippen LogP contribution in [0.4, 0.5) is 0 Å². The molecule has 0 aliphatic carbocycles. The van der Waals surface area contributed by atoms with Crippen LogP contribution in [0.25, 0.3) is 11.1 Å². The largest absolute Gasteiger partial charge is 0.495 e. The SMILES string of the molecule is COc1ccc(-c2cccnc2)cc1S(=O)(=O)Cc1cccc(CCCN)c1. The molecule has 0 saturated heterocycles. The lowest BCUT2D eigenvalue weighted by molar-refractivity contribution is 0.403. The molecule has 1 heterocycles. The van der Waals surface area contributed by atoms with Gasteiger partial charge in [0.2, 0.25) is 0 Å². The summed E-state index contributed by atoms with van der Waals surface area (Å²) in [5.74, 6) is 0.253. The molecule has 0 aliphatic heterocycles. The number of sulfone groups is 1. The van der Waals surface area contributed by atoms with E-state index in [1.165, 1.54) is 7.11 Å². The van der Waals surface area contributed by atoms with Crippen LogP contribution >= 0.6 is 0 Å². The predicted octanol–water partition coefficient (Wildman–Crippen LogP) is 3.62. The summed E-state index contributed by atoms with van der Waals surface area (Å²) < 4.78 is 31.7. The van der Waals surface area contributed by atoms with Gasteiger partial charge in [-0.3, -0.25) is 4.98 Å². The first-order valence-corrected chi connectivity index (χ1v) is 10.8. The molecule has 0 aliphatic rings. The lowest BCUT2D eigenvalue weighted by atomic mass is 10.1. The highest BCUT2D eigenvalue weighted by Crippen LogP contribution is 2.31. The first-order chi connectivity index (χ1) is 13.5. The second kappa shape index (κ2) is 8.99. The maximum absolute atomic E-state index is 13.2. The minimum atomic E-state index is -3.59. The van der Waals surface area contributed by atoms with Crippen LogP contribution in [0.1, 0.15) is 17.5 Å². The van der Waals surface area contributed by atoms with Crippen molar-refractivity contribution >= 4 is 9.84 Å². The minimum Gasteiger partial charge on any atom is -0.495 e. The molecule has 28 heavy (non-hydrogen) atoms.